The van der Waals surface area contributed by atoms with Crippen molar-refractivity contribution in [2.45, 2.75) is 0 Å². The van der Waals surface area contributed by atoms with Crippen LogP contribution in [0.5, 0.6) is 0 Å². The van der Waals surface area contributed by atoms with Crippen LogP contribution in [0, 0.1) is 0 Å². The molecule has 0 radical (unpaired) electrons. The van der Waals surface area contributed by atoms with E-state index in [2.05, 4.69) is 173 Å². The van der Waals surface area contributed by atoms with Gasteiger partial charge in [-0.2, -0.15) is 0 Å². The first-order valence-corrected chi connectivity index (χ1v) is 16.3. The smallest absolute Gasteiger partial charge is 0.159 e. The van der Waals surface area contributed by atoms with Crippen LogP contribution >= 0.6 is 0 Å². The van der Waals surface area contributed by atoms with E-state index in [1.165, 1.54) is 43.6 Å². The van der Waals surface area contributed by atoms with Crippen LogP contribution in [0.25, 0.3) is 88.4 Å². The van der Waals surface area contributed by atoms with Gasteiger partial charge in [-0.15, -0.1) is 0 Å². The van der Waals surface area contributed by atoms with Crippen molar-refractivity contribution in [2.24, 2.45) is 0 Å². The number of benzene rings is 7. The third-order valence-corrected chi connectivity index (χ3v) is 9.61. The standard InChI is InChI=1S/C44H28N4/c1-5-16-40-34(10-1)35-11-2-6-17-41(35)47(40)31-24-20-29(21-25-31)33-14-9-15-39-38(33)28-45-44(46-39)30-22-26-32(27-23-30)48-42-18-7-3-12-36(42)37-13-4-8-19-43(37)48/h1-28H. The zero-order chi connectivity index (χ0) is 31.6. The van der Waals surface area contributed by atoms with E-state index in [9.17, 15) is 0 Å². The Balaban J connectivity index is 1.00. The van der Waals surface area contributed by atoms with Gasteiger partial charge in [0.1, 0.15) is 0 Å². The van der Waals surface area contributed by atoms with Crippen molar-refractivity contribution in [3.05, 3.63) is 170 Å². The Morgan fingerprint density at radius 1 is 0.354 bits per heavy atom. The van der Waals surface area contributed by atoms with Gasteiger partial charge in [0.05, 0.1) is 27.6 Å². The van der Waals surface area contributed by atoms with Gasteiger partial charge in [0.15, 0.2) is 5.82 Å². The second-order valence-electron chi connectivity index (χ2n) is 12.3. The summed E-state index contributed by atoms with van der Waals surface area (Å²) >= 11 is 0. The summed E-state index contributed by atoms with van der Waals surface area (Å²) in [5.41, 5.74) is 11.2. The molecule has 48 heavy (non-hydrogen) atoms. The van der Waals surface area contributed by atoms with Crippen LogP contribution in [0.3, 0.4) is 0 Å². The Morgan fingerprint density at radius 2 is 0.792 bits per heavy atom. The lowest BCUT2D eigenvalue weighted by Crippen LogP contribution is -1.95. The molecule has 0 saturated carbocycles. The van der Waals surface area contributed by atoms with Crippen molar-refractivity contribution >= 4 is 54.5 Å². The number of rotatable bonds is 4. The second kappa shape index (κ2) is 10.5. The first kappa shape index (κ1) is 26.7. The molecule has 224 valence electrons. The first-order chi connectivity index (χ1) is 23.8. The zero-order valence-corrected chi connectivity index (χ0v) is 26.0. The van der Waals surface area contributed by atoms with Gasteiger partial charge in [-0.3, -0.25) is 0 Å². The molecule has 0 aliphatic rings. The molecular formula is C44H28N4. The molecule has 3 aromatic heterocycles. The van der Waals surface area contributed by atoms with Crippen molar-refractivity contribution in [3.63, 3.8) is 0 Å². The fourth-order valence-electron chi connectivity index (χ4n) is 7.40. The minimum absolute atomic E-state index is 0.718. The van der Waals surface area contributed by atoms with E-state index < -0.39 is 0 Å². The lowest BCUT2D eigenvalue weighted by Gasteiger charge is -2.11. The largest absolute Gasteiger partial charge is 0.309 e. The van der Waals surface area contributed by atoms with Crippen LogP contribution < -0.4 is 0 Å². The highest BCUT2D eigenvalue weighted by molar-refractivity contribution is 6.10. The summed E-state index contributed by atoms with van der Waals surface area (Å²) in [4.78, 5) is 9.89. The number of para-hydroxylation sites is 4. The topological polar surface area (TPSA) is 35.6 Å². The Kier molecular flexibility index (Phi) is 5.84. The van der Waals surface area contributed by atoms with E-state index in [0.29, 0.717) is 0 Å². The molecule has 0 amide bonds. The summed E-state index contributed by atoms with van der Waals surface area (Å²) in [6.07, 6.45) is 1.97. The van der Waals surface area contributed by atoms with Gasteiger partial charge in [0.2, 0.25) is 0 Å². The Bertz CT molecular complexity index is 2710. The summed E-state index contributed by atoms with van der Waals surface area (Å²) < 4.78 is 4.67. The van der Waals surface area contributed by atoms with Crippen molar-refractivity contribution in [1.82, 2.24) is 19.1 Å². The van der Waals surface area contributed by atoms with Crippen LogP contribution in [0.2, 0.25) is 0 Å². The SMILES string of the molecule is c1cc(-c2ccc(-n3c4ccccc4c4ccccc43)cc2)c2cnc(-c3ccc(-n4c5ccccc5c5ccccc54)cc3)nc2c1. The van der Waals surface area contributed by atoms with E-state index in [1.807, 2.05) is 6.20 Å². The molecule has 4 nitrogen and oxygen atoms in total. The van der Waals surface area contributed by atoms with Crippen molar-refractivity contribution < 1.29 is 0 Å². The highest BCUT2D eigenvalue weighted by Crippen LogP contribution is 2.35. The van der Waals surface area contributed by atoms with Crippen molar-refractivity contribution in [1.29, 1.82) is 0 Å². The van der Waals surface area contributed by atoms with Gasteiger partial charge in [-0.25, -0.2) is 9.97 Å². The number of hydrogen-bond acceptors (Lipinski definition) is 2. The lowest BCUT2D eigenvalue weighted by molar-refractivity contribution is 1.17. The summed E-state index contributed by atoms with van der Waals surface area (Å²) in [5, 5.41) is 6.08. The number of fused-ring (bicyclic) bond motifs is 7. The third kappa shape index (κ3) is 4.03. The predicted octanol–water partition coefficient (Wildman–Crippen LogP) is 11.2. The van der Waals surface area contributed by atoms with Crippen LogP contribution in [-0.2, 0) is 0 Å². The van der Waals surface area contributed by atoms with E-state index in [4.69, 9.17) is 9.97 Å². The van der Waals surface area contributed by atoms with Gasteiger partial charge >= 0.3 is 0 Å². The number of aromatic nitrogens is 4. The molecule has 0 fully saturated rings. The monoisotopic (exact) mass is 612 g/mol. The quantitative estimate of drug-likeness (QED) is 0.198. The first-order valence-electron chi connectivity index (χ1n) is 16.3. The molecule has 4 heteroatoms. The van der Waals surface area contributed by atoms with Crippen LogP contribution in [-0.4, -0.2) is 19.1 Å². The summed E-state index contributed by atoms with van der Waals surface area (Å²) in [5.74, 6) is 0.718. The average molecular weight is 613 g/mol. The maximum Gasteiger partial charge on any atom is 0.159 e. The molecule has 7 aromatic carbocycles. The lowest BCUT2D eigenvalue weighted by atomic mass is 10.0. The highest BCUT2D eigenvalue weighted by atomic mass is 15.0. The zero-order valence-electron chi connectivity index (χ0n) is 26.0. The molecule has 0 aliphatic heterocycles. The van der Waals surface area contributed by atoms with Gasteiger partial charge in [0.25, 0.3) is 0 Å². The summed E-state index contributed by atoms with van der Waals surface area (Å²) in [7, 11) is 0. The van der Waals surface area contributed by atoms with Crippen molar-refractivity contribution in [2.75, 3.05) is 0 Å². The molecule has 0 spiro atoms. The fourth-order valence-corrected chi connectivity index (χ4v) is 7.40. The van der Waals surface area contributed by atoms with Gasteiger partial charge < -0.3 is 9.13 Å². The van der Waals surface area contributed by atoms with Crippen LogP contribution in [0.15, 0.2) is 170 Å². The van der Waals surface area contributed by atoms with E-state index >= 15 is 0 Å². The molecule has 0 aliphatic carbocycles. The van der Waals surface area contributed by atoms with E-state index in [1.54, 1.807) is 0 Å². The minimum Gasteiger partial charge on any atom is -0.309 e. The van der Waals surface area contributed by atoms with Crippen LogP contribution in [0.4, 0.5) is 0 Å². The molecule has 3 heterocycles. The Hall–Kier alpha value is -6.52. The average Bonchev–Trinajstić information content (AvgIpc) is 3.68. The third-order valence-electron chi connectivity index (χ3n) is 9.61. The van der Waals surface area contributed by atoms with E-state index in [0.717, 1.165) is 44.8 Å². The molecule has 0 atom stereocenters. The molecule has 10 aromatic rings. The molecule has 0 saturated heterocycles. The Morgan fingerprint density at radius 3 is 1.27 bits per heavy atom. The fraction of sp³-hybridized carbons (Fsp3) is 0. The predicted molar refractivity (Wildman–Crippen MR) is 199 cm³/mol. The molecule has 0 unspecified atom stereocenters. The summed E-state index contributed by atoms with van der Waals surface area (Å²) in [6.45, 7) is 0. The molecule has 0 N–H and O–H groups in total. The normalized spacial score (nSPS) is 11.8. The van der Waals surface area contributed by atoms with Gasteiger partial charge in [-0.1, -0.05) is 97.1 Å². The number of nitrogens with zero attached hydrogens (tertiary/aromatic N) is 4. The highest BCUT2D eigenvalue weighted by Gasteiger charge is 2.14. The maximum atomic E-state index is 5.03. The van der Waals surface area contributed by atoms with Crippen molar-refractivity contribution in [3.8, 4) is 33.9 Å². The molecular weight excluding hydrogens is 585 g/mol. The number of hydrogen-bond donors (Lipinski definition) is 0. The molecule has 0 bridgehead atoms. The molecule has 10 rings (SSSR count). The minimum atomic E-state index is 0.718. The van der Waals surface area contributed by atoms with Gasteiger partial charge in [-0.05, 0) is 77.9 Å². The van der Waals surface area contributed by atoms with E-state index in [-0.39, 0.29) is 0 Å². The van der Waals surface area contributed by atoms with Crippen LogP contribution in [0.1, 0.15) is 0 Å². The maximum absolute atomic E-state index is 5.03. The van der Waals surface area contributed by atoms with Gasteiger partial charge in [0, 0.05) is 50.1 Å². The second-order valence-corrected chi connectivity index (χ2v) is 12.3. The Labute approximate surface area is 276 Å². The summed E-state index contributed by atoms with van der Waals surface area (Å²) in [6, 6.07) is 58.1.